The van der Waals surface area contributed by atoms with Gasteiger partial charge < -0.3 is 14.7 Å². The van der Waals surface area contributed by atoms with Crippen LogP contribution >= 0.6 is 0 Å². The van der Waals surface area contributed by atoms with Gasteiger partial charge in [-0.1, -0.05) is 23.4 Å². The van der Waals surface area contributed by atoms with E-state index in [2.05, 4.69) is 51.6 Å². The molecular weight excluding hydrogens is 402 g/mol. The zero-order chi connectivity index (χ0) is 22.7. The maximum absolute atomic E-state index is 13.0. The fourth-order valence-corrected chi connectivity index (χ4v) is 4.34. The largest absolute Gasteiger partial charge is 0.342 e. The first kappa shape index (κ1) is 22.1. The lowest BCUT2D eigenvalue weighted by Crippen LogP contribution is -2.45. The molecule has 0 bridgehead atoms. The summed E-state index contributed by atoms with van der Waals surface area (Å²) in [7, 11) is 0. The Morgan fingerprint density at radius 3 is 2.66 bits per heavy atom. The molecule has 4 rings (SSSR count). The lowest BCUT2D eigenvalue weighted by atomic mass is 9.85. The molecular formula is C25H31N5O2. The topological polar surface area (TPSA) is 84.2 Å². The van der Waals surface area contributed by atoms with E-state index < -0.39 is 5.54 Å². The number of carbonyl (C=O) groups is 1. The highest BCUT2D eigenvalue weighted by Gasteiger charge is 2.30. The second-order valence-corrected chi connectivity index (χ2v) is 9.45. The van der Waals surface area contributed by atoms with Crippen LogP contribution in [0.2, 0.25) is 0 Å². The normalized spacial score (nSPS) is 15.0. The molecule has 1 N–H and O–H groups in total. The summed E-state index contributed by atoms with van der Waals surface area (Å²) in [6.07, 6.45) is 7.35. The number of amides is 1. The molecule has 0 radical (unpaired) electrons. The predicted molar refractivity (Wildman–Crippen MR) is 123 cm³/mol. The number of aromatic nitrogens is 3. The highest BCUT2D eigenvalue weighted by atomic mass is 16.5. The summed E-state index contributed by atoms with van der Waals surface area (Å²) < 4.78 is 4.78. The summed E-state index contributed by atoms with van der Waals surface area (Å²) in [5.41, 5.74) is 5.61. The molecule has 32 heavy (non-hydrogen) atoms. The van der Waals surface area contributed by atoms with Crippen LogP contribution < -0.4 is 5.32 Å². The maximum Gasteiger partial charge on any atom is 0.295 e. The molecule has 3 heterocycles. The zero-order valence-electron chi connectivity index (χ0n) is 19.3. The van der Waals surface area contributed by atoms with Crippen molar-refractivity contribution in [1.29, 1.82) is 0 Å². The van der Waals surface area contributed by atoms with Gasteiger partial charge >= 0.3 is 0 Å². The van der Waals surface area contributed by atoms with Gasteiger partial charge in [0.05, 0.1) is 0 Å². The van der Waals surface area contributed by atoms with Crippen LogP contribution in [0.5, 0.6) is 0 Å². The Morgan fingerprint density at radius 1 is 1.22 bits per heavy atom. The van der Waals surface area contributed by atoms with Gasteiger partial charge in [0.15, 0.2) is 0 Å². The lowest BCUT2D eigenvalue weighted by molar-refractivity contribution is 0.0542. The van der Waals surface area contributed by atoms with E-state index >= 15 is 0 Å². The number of aryl methyl sites for hydroxylation is 1. The Morgan fingerprint density at radius 2 is 2.00 bits per heavy atom. The number of piperidine rings is 1. The van der Waals surface area contributed by atoms with Crippen LogP contribution in [0.3, 0.4) is 0 Å². The third-order valence-corrected chi connectivity index (χ3v) is 6.22. The quantitative estimate of drug-likeness (QED) is 0.644. The van der Waals surface area contributed by atoms with Crippen molar-refractivity contribution in [2.24, 2.45) is 0 Å². The van der Waals surface area contributed by atoms with Crippen molar-refractivity contribution < 1.29 is 9.32 Å². The SMILES string of the molecule is Cc1cc(-c2ccncc2C2CCNCC2)ccc1CN(C(=O)c1ncon1)C(C)(C)C. The van der Waals surface area contributed by atoms with E-state index in [0.29, 0.717) is 12.5 Å². The first-order valence-corrected chi connectivity index (χ1v) is 11.2. The Kier molecular flexibility index (Phi) is 6.37. The van der Waals surface area contributed by atoms with E-state index in [1.165, 1.54) is 23.1 Å². The van der Waals surface area contributed by atoms with Crippen molar-refractivity contribution in [1.82, 2.24) is 25.3 Å². The molecule has 3 aromatic rings. The van der Waals surface area contributed by atoms with E-state index in [1.807, 2.05) is 33.2 Å². The molecule has 168 valence electrons. The van der Waals surface area contributed by atoms with Gasteiger partial charge in [0.25, 0.3) is 11.7 Å². The van der Waals surface area contributed by atoms with Crippen LogP contribution in [-0.2, 0) is 6.54 Å². The minimum atomic E-state index is -0.393. The molecule has 0 spiro atoms. The second-order valence-electron chi connectivity index (χ2n) is 9.45. The lowest BCUT2D eigenvalue weighted by Gasteiger charge is -2.35. The van der Waals surface area contributed by atoms with Crippen LogP contribution in [0, 0.1) is 6.92 Å². The number of benzene rings is 1. The summed E-state index contributed by atoms with van der Waals surface area (Å²) in [6, 6.07) is 8.61. The number of hydrogen-bond acceptors (Lipinski definition) is 6. The van der Waals surface area contributed by atoms with Crippen LogP contribution in [0.25, 0.3) is 11.1 Å². The summed E-state index contributed by atoms with van der Waals surface area (Å²) >= 11 is 0. The highest BCUT2D eigenvalue weighted by molar-refractivity contribution is 5.90. The van der Waals surface area contributed by atoms with Crippen LogP contribution in [-0.4, -0.2) is 44.6 Å². The minimum Gasteiger partial charge on any atom is -0.342 e. The van der Waals surface area contributed by atoms with Crippen molar-refractivity contribution in [2.75, 3.05) is 13.1 Å². The Labute approximate surface area is 189 Å². The molecule has 0 aliphatic carbocycles. The van der Waals surface area contributed by atoms with Gasteiger partial charge in [-0.05, 0) is 93.4 Å². The fourth-order valence-electron chi connectivity index (χ4n) is 4.34. The number of hydrogen-bond donors (Lipinski definition) is 1. The third-order valence-electron chi connectivity index (χ3n) is 6.22. The number of nitrogens with one attached hydrogen (secondary N) is 1. The van der Waals surface area contributed by atoms with Gasteiger partial charge in [-0.15, -0.1) is 0 Å². The first-order chi connectivity index (χ1) is 15.3. The summed E-state index contributed by atoms with van der Waals surface area (Å²) in [4.78, 5) is 23.1. The molecule has 0 saturated carbocycles. The average Bonchev–Trinajstić information content (AvgIpc) is 3.33. The Balaban J connectivity index is 1.62. The molecule has 1 aliphatic rings. The van der Waals surface area contributed by atoms with Gasteiger partial charge in [-0.2, -0.15) is 4.98 Å². The van der Waals surface area contributed by atoms with E-state index in [-0.39, 0.29) is 11.7 Å². The zero-order valence-corrected chi connectivity index (χ0v) is 19.3. The average molecular weight is 434 g/mol. The van der Waals surface area contributed by atoms with Crippen molar-refractivity contribution in [3.63, 3.8) is 0 Å². The summed E-state index contributed by atoms with van der Waals surface area (Å²) in [6.45, 7) is 10.7. The Hall–Kier alpha value is -3.06. The third kappa shape index (κ3) is 4.72. The standard InChI is InChI=1S/C25H31N5O2/c1-17-13-19(21-9-12-27-14-22(21)18-7-10-26-11-8-18)5-6-20(17)15-30(25(2,3)4)24(31)23-28-16-32-29-23/h5-6,9,12-14,16,18,26H,7-8,10-11,15H2,1-4H3. The molecule has 1 amide bonds. The minimum absolute atomic E-state index is 0.0811. The van der Waals surface area contributed by atoms with Gasteiger partial charge in [-0.25, -0.2) is 0 Å². The van der Waals surface area contributed by atoms with E-state index in [0.717, 1.165) is 37.1 Å². The number of nitrogens with zero attached hydrogens (tertiary/aromatic N) is 4. The Bertz CT molecular complexity index is 1070. The molecule has 0 atom stereocenters. The molecule has 7 nitrogen and oxygen atoms in total. The van der Waals surface area contributed by atoms with Gasteiger partial charge in [0, 0.05) is 24.5 Å². The molecule has 1 saturated heterocycles. The van der Waals surface area contributed by atoms with Crippen molar-refractivity contribution in [2.45, 2.75) is 58.5 Å². The van der Waals surface area contributed by atoms with E-state index in [1.54, 1.807) is 4.90 Å². The number of pyridine rings is 1. The van der Waals surface area contributed by atoms with Gasteiger partial charge in [0.1, 0.15) is 0 Å². The predicted octanol–water partition coefficient (Wildman–Crippen LogP) is 4.35. The molecule has 0 unspecified atom stereocenters. The van der Waals surface area contributed by atoms with Crippen molar-refractivity contribution in [3.8, 4) is 11.1 Å². The fraction of sp³-hybridized carbons (Fsp3) is 0.440. The second kappa shape index (κ2) is 9.20. The van der Waals surface area contributed by atoms with Gasteiger partial charge in [-0.3, -0.25) is 9.78 Å². The molecule has 2 aromatic heterocycles. The monoisotopic (exact) mass is 433 g/mol. The van der Waals surface area contributed by atoms with Crippen LogP contribution in [0.1, 0.15) is 66.8 Å². The first-order valence-electron chi connectivity index (χ1n) is 11.2. The number of rotatable bonds is 5. The molecule has 1 fully saturated rings. The molecule has 7 heteroatoms. The van der Waals surface area contributed by atoms with Crippen molar-refractivity contribution in [3.05, 3.63) is 65.6 Å². The van der Waals surface area contributed by atoms with Gasteiger partial charge in [0.2, 0.25) is 6.39 Å². The summed E-state index contributed by atoms with van der Waals surface area (Å²) in [5, 5.41) is 7.18. The summed E-state index contributed by atoms with van der Waals surface area (Å²) in [5.74, 6) is 0.374. The van der Waals surface area contributed by atoms with E-state index in [4.69, 9.17) is 4.52 Å². The highest BCUT2D eigenvalue weighted by Crippen LogP contribution is 2.34. The van der Waals surface area contributed by atoms with Crippen molar-refractivity contribution >= 4 is 5.91 Å². The number of carbonyl (C=O) groups excluding carboxylic acids is 1. The maximum atomic E-state index is 13.0. The van der Waals surface area contributed by atoms with Crippen LogP contribution in [0.4, 0.5) is 0 Å². The van der Waals surface area contributed by atoms with Crippen LogP contribution in [0.15, 0.2) is 47.6 Å². The smallest absolute Gasteiger partial charge is 0.295 e. The molecule has 1 aliphatic heterocycles. The van der Waals surface area contributed by atoms with E-state index in [9.17, 15) is 4.79 Å². The molecule has 1 aromatic carbocycles.